The maximum Gasteiger partial charge on any atom is 0.151 e. The molecule has 0 unspecified atom stereocenters. The van der Waals surface area contributed by atoms with E-state index in [1.165, 1.54) is 10.4 Å². The minimum atomic E-state index is 0.515. The number of nitrogens with zero attached hydrogens (tertiary/aromatic N) is 2. The molecule has 3 nitrogen and oxygen atoms in total. The van der Waals surface area contributed by atoms with Crippen LogP contribution in [0.25, 0.3) is 21.7 Å². The van der Waals surface area contributed by atoms with Gasteiger partial charge in [-0.05, 0) is 46.1 Å². The number of imidazole rings is 1. The van der Waals surface area contributed by atoms with Gasteiger partial charge < -0.3 is 10.3 Å². The van der Waals surface area contributed by atoms with E-state index in [2.05, 4.69) is 39.6 Å². The van der Waals surface area contributed by atoms with Crippen molar-refractivity contribution in [3.8, 4) is 10.7 Å². The van der Waals surface area contributed by atoms with Crippen LogP contribution in [0.3, 0.4) is 0 Å². The molecule has 5 heteroatoms. The van der Waals surface area contributed by atoms with Crippen LogP contribution in [0.5, 0.6) is 0 Å². The Kier molecular flexibility index (Phi) is 3.20. The summed E-state index contributed by atoms with van der Waals surface area (Å²) in [5, 5.41) is 0. The van der Waals surface area contributed by atoms with E-state index >= 15 is 0 Å². The van der Waals surface area contributed by atoms with Crippen molar-refractivity contribution < 1.29 is 0 Å². The average molecular weight is 336 g/mol. The number of aromatic nitrogens is 2. The van der Waals surface area contributed by atoms with Crippen LogP contribution in [0, 0.1) is 6.92 Å². The summed E-state index contributed by atoms with van der Waals surface area (Å²) >= 11 is 5.28. The highest BCUT2D eigenvalue weighted by molar-refractivity contribution is 9.11. The number of para-hydroxylation sites is 1. The minimum Gasteiger partial charge on any atom is -0.326 e. The fourth-order valence-electron chi connectivity index (χ4n) is 2.23. The summed E-state index contributed by atoms with van der Waals surface area (Å²) in [6.45, 7) is 2.61. The Balaban J connectivity index is 2.27. The zero-order valence-corrected chi connectivity index (χ0v) is 13.2. The molecule has 0 atom stereocenters. The summed E-state index contributed by atoms with van der Waals surface area (Å²) in [5.74, 6) is 0.995. The summed E-state index contributed by atoms with van der Waals surface area (Å²) in [7, 11) is 2.05. The third kappa shape index (κ3) is 2.02. The molecule has 0 radical (unpaired) electrons. The molecule has 19 heavy (non-hydrogen) atoms. The first-order valence-electron chi connectivity index (χ1n) is 6.02. The van der Waals surface area contributed by atoms with Gasteiger partial charge in [0.2, 0.25) is 0 Å². The van der Waals surface area contributed by atoms with Crippen LogP contribution >= 0.6 is 27.3 Å². The van der Waals surface area contributed by atoms with Crippen LogP contribution in [0.1, 0.15) is 11.1 Å². The number of aryl methyl sites for hydroxylation is 2. The molecule has 2 heterocycles. The van der Waals surface area contributed by atoms with Gasteiger partial charge in [-0.3, -0.25) is 0 Å². The molecule has 3 rings (SSSR count). The normalized spacial score (nSPS) is 11.4. The summed E-state index contributed by atoms with van der Waals surface area (Å²) in [6.07, 6.45) is 0. The fraction of sp³-hybridized carbons (Fsp3) is 0.214. The number of halogens is 1. The third-order valence-corrected chi connectivity index (χ3v) is 5.43. The Hall–Kier alpha value is -1.17. The molecule has 2 N–H and O–H groups in total. The smallest absolute Gasteiger partial charge is 0.151 e. The lowest BCUT2D eigenvalue weighted by atomic mass is 10.2. The van der Waals surface area contributed by atoms with E-state index < -0.39 is 0 Å². The van der Waals surface area contributed by atoms with Crippen LogP contribution in [-0.4, -0.2) is 9.55 Å². The number of fused-ring (bicyclic) bond motifs is 1. The maximum atomic E-state index is 5.79. The van der Waals surface area contributed by atoms with E-state index in [-0.39, 0.29) is 0 Å². The van der Waals surface area contributed by atoms with E-state index in [9.17, 15) is 0 Å². The Morgan fingerprint density at radius 1 is 1.42 bits per heavy atom. The van der Waals surface area contributed by atoms with Gasteiger partial charge in [0.15, 0.2) is 5.82 Å². The van der Waals surface area contributed by atoms with Crippen molar-refractivity contribution in [1.82, 2.24) is 9.55 Å². The minimum absolute atomic E-state index is 0.515. The number of rotatable bonds is 2. The standard InChI is InChI=1S/C14H14BrN3S/c1-8-6-11(19-13(8)15)14-17-12-9(7-16)4-3-5-10(12)18(14)2/h3-6H,7,16H2,1-2H3. The van der Waals surface area contributed by atoms with Crippen molar-refractivity contribution in [2.75, 3.05) is 0 Å². The maximum absolute atomic E-state index is 5.79. The monoisotopic (exact) mass is 335 g/mol. The van der Waals surface area contributed by atoms with Crippen molar-refractivity contribution >= 4 is 38.3 Å². The van der Waals surface area contributed by atoms with Gasteiger partial charge in [-0.25, -0.2) is 4.98 Å². The third-order valence-electron chi connectivity index (χ3n) is 3.29. The quantitative estimate of drug-likeness (QED) is 0.773. The van der Waals surface area contributed by atoms with Gasteiger partial charge in [-0.1, -0.05) is 12.1 Å². The second-order valence-electron chi connectivity index (χ2n) is 4.55. The summed E-state index contributed by atoms with van der Waals surface area (Å²) in [5.41, 5.74) is 10.2. The lowest BCUT2D eigenvalue weighted by Gasteiger charge is -1.99. The molecule has 0 fully saturated rings. The van der Waals surface area contributed by atoms with Crippen molar-refractivity contribution in [3.05, 3.63) is 39.2 Å². The highest BCUT2D eigenvalue weighted by atomic mass is 79.9. The van der Waals surface area contributed by atoms with Crippen LogP contribution in [-0.2, 0) is 13.6 Å². The second-order valence-corrected chi connectivity index (χ2v) is 6.92. The highest BCUT2D eigenvalue weighted by Gasteiger charge is 2.14. The number of benzene rings is 1. The van der Waals surface area contributed by atoms with Gasteiger partial charge in [0.25, 0.3) is 0 Å². The lowest BCUT2D eigenvalue weighted by Crippen LogP contribution is -1.97. The molecule has 0 bridgehead atoms. The number of hydrogen-bond acceptors (Lipinski definition) is 3. The van der Waals surface area contributed by atoms with Gasteiger partial charge in [0, 0.05) is 13.6 Å². The van der Waals surface area contributed by atoms with Gasteiger partial charge >= 0.3 is 0 Å². The van der Waals surface area contributed by atoms with E-state index in [0.717, 1.165) is 26.2 Å². The van der Waals surface area contributed by atoms with Crippen molar-refractivity contribution in [3.63, 3.8) is 0 Å². The molecule has 0 saturated heterocycles. The van der Waals surface area contributed by atoms with Crippen molar-refractivity contribution in [2.24, 2.45) is 12.8 Å². The Morgan fingerprint density at radius 2 is 2.21 bits per heavy atom. The van der Waals surface area contributed by atoms with Crippen LogP contribution < -0.4 is 5.73 Å². The Bertz CT molecular complexity index is 738. The molecule has 2 aromatic heterocycles. The fourth-order valence-corrected chi connectivity index (χ4v) is 3.79. The van der Waals surface area contributed by atoms with Crippen LogP contribution in [0.4, 0.5) is 0 Å². The summed E-state index contributed by atoms with van der Waals surface area (Å²) in [6, 6.07) is 8.32. The summed E-state index contributed by atoms with van der Waals surface area (Å²) in [4.78, 5) is 5.95. The van der Waals surface area contributed by atoms with Crippen LogP contribution in [0.2, 0.25) is 0 Å². The van der Waals surface area contributed by atoms with Gasteiger partial charge in [0.05, 0.1) is 19.7 Å². The predicted molar refractivity (Wildman–Crippen MR) is 84.4 cm³/mol. The molecule has 0 spiro atoms. The first-order valence-corrected chi connectivity index (χ1v) is 7.63. The molecule has 0 aliphatic carbocycles. The van der Waals surface area contributed by atoms with Gasteiger partial charge in [0.1, 0.15) is 0 Å². The van der Waals surface area contributed by atoms with Crippen LogP contribution in [0.15, 0.2) is 28.1 Å². The molecule has 1 aromatic carbocycles. The number of hydrogen-bond donors (Lipinski definition) is 1. The zero-order valence-electron chi connectivity index (χ0n) is 10.8. The average Bonchev–Trinajstić information content (AvgIpc) is 2.91. The van der Waals surface area contributed by atoms with Crippen molar-refractivity contribution in [2.45, 2.75) is 13.5 Å². The molecule has 0 saturated carbocycles. The summed E-state index contributed by atoms with van der Waals surface area (Å²) < 4.78 is 3.29. The predicted octanol–water partition coefficient (Wildman–Crippen LogP) is 3.83. The lowest BCUT2D eigenvalue weighted by molar-refractivity contribution is 0.963. The first kappa shape index (κ1) is 12.8. The van der Waals surface area contributed by atoms with Gasteiger partial charge in [-0.15, -0.1) is 11.3 Å². The molecule has 0 aliphatic heterocycles. The van der Waals surface area contributed by atoms with E-state index in [0.29, 0.717) is 6.54 Å². The first-order chi connectivity index (χ1) is 9.11. The highest BCUT2D eigenvalue weighted by Crippen LogP contribution is 2.35. The van der Waals surface area contributed by atoms with E-state index in [1.54, 1.807) is 11.3 Å². The second kappa shape index (κ2) is 4.74. The molecular weight excluding hydrogens is 322 g/mol. The van der Waals surface area contributed by atoms with Crippen molar-refractivity contribution in [1.29, 1.82) is 0 Å². The molecular formula is C14H14BrN3S. The number of thiophene rings is 1. The number of nitrogens with two attached hydrogens (primary N) is 1. The molecule has 0 amide bonds. The van der Waals surface area contributed by atoms with Gasteiger partial charge in [-0.2, -0.15) is 0 Å². The van der Waals surface area contributed by atoms with E-state index in [1.807, 2.05) is 19.2 Å². The topological polar surface area (TPSA) is 43.8 Å². The SMILES string of the molecule is Cc1cc(-c2nc3c(CN)cccc3n2C)sc1Br. The molecule has 3 aromatic rings. The van der Waals surface area contributed by atoms with E-state index in [4.69, 9.17) is 10.7 Å². The molecule has 98 valence electrons. The largest absolute Gasteiger partial charge is 0.326 e. The molecule has 0 aliphatic rings. The Morgan fingerprint density at radius 3 is 2.84 bits per heavy atom. The Labute approximate surface area is 124 Å². The zero-order chi connectivity index (χ0) is 13.6.